The molecule has 1 aliphatic rings. The van der Waals surface area contributed by atoms with Crippen LogP contribution in [0.2, 0.25) is 0 Å². The third-order valence-electron chi connectivity index (χ3n) is 6.44. The molecule has 1 atom stereocenters. The summed E-state index contributed by atoms with van der Waals surface area (Å²) in [6, 6.07) is 20.1. The van der Waals surface area contributed by atoms with Crippen LogP contribution in [0.5, 0.6) is 5.75 Å². The van der Waals surface area contributed by atoms with Crippen LogP contribution in [0, 0.1) is 0 Å². The Kier molecular flexibility index (Phi) is 6.17. The highest BCUT2D eigenvalue weighted by molar-refractivity contribution is 7.13. The van der Waals surface area contributed by atoms with Crippen LogP contribution < -0.4 is 9.64 Å². The first-order valence-corrected chi connectivity index (χ1v) is 12.7. The lowest BCUT2D eigenvalue weighted by Gasteiger charge is -2.26. The summed E-state index contributed by atoms with van der Waals surface area (Å²) < 4.78 is 5.21. The number of aliphatic hydroxyl groups is 1. The Hall–Kier alpha value is -5.16. The van der Waals surface area contributed by atoms with E-state index in [1.165, 1.54) is 16.2 Å². The van der Waals surface area contributed by atoms with Gasteiger partial charge in [0.1, 0.15) is 16.5 Å². The van der Waals surface area contributed by atoms with Crippen LogP contribution in [0.3, 0.4) is 0 Å². The molecule has 0 saturated carbocycles. The number of benzene rings is 3. The maximum absolute atomic E-state index is 13.5. The van der Waals surface area contributed by atoms with Crippen molar-refractivity contribution in [3.63, 3.8) is 0 Å². The van der Waals surface area contributed by atoms with Crippen molar-refractivity contribution in [3.8, 4) is 27.7 Å². The van der Waals surface area contributed by atoms with Crippen molar-refractivity contribution in [2.45, 2.75) is 6.04 Å². The largest absolute Gasteiger partial charge is 0.507 e. The van der Waals surface area contributed by atoms with Crippen LogP contribution in [0.1, 0.15) is 17.2 Å². The Balaban J connectivity index is 1.50. The smallest absolute Gasteiger partial charge is 0.300 e. The molecule has 6 rings (SSSR count). The highest BCUT2D eigenvalue weighted by Crippen LogP contribution is 2.43. The Morgan fingerprint density at radius 3 is 2.49 bits per heavy atom. The molecule has 2 N–H and O–H groups in total. The molecule has 3 aromatic carbocycles. The molecule has 0 aliphatic carbocycles. The molecular formula is C28H20N6O4S. The van der Waals surface area contributed by atoms with Crippen LogP contribution >= 0.6 is 11.3 Å². The van der Waals surface area contributed by atoms with Gasteiger partial charge >= 0.3 is 0 Å². The lowest BCUT2D eigenvalue weighted by Crippen LogP contribution is -2.29. The van der Waals surface area contributed by atoms with Gasteiger partial charge in [0.15, 0.2) is 0 Å². The number of anilines is 1. The molecule has 5 aromatic rings. The topological polar surface area (TPSA) is 134 Å². The number of hydrogen-bond donors (Lipinski definition) is 2. The fourth-order valence-corrected chi connectivity index (χ4v) is 5.22. The summed E-state index contributed by atoms with van der Waals surface area (Å²) in [6.07, 6.45) is 1.73. The number of H-pyrrole nitrogens is 1. The minimum Gasteiger partial charge on any atom is -0.507 e. The number of methoxy groups -OCH3 is 1. The number of carbonyl (C=O) groups is 2. The van der Waals surface area contributed by atoms with Crippen molar-refractivity contribution in [2.75, 3.05) is 12.0 Å². The fraction of sp³-hybridized carbons (Fsp3) is 0.0714. The quantitative estimate of drug-likeness (QED) is 0.182. The summed E-state index contributed by atoms with van der Waals surface area (Å²) >= 11 is 1.51. The first kappa shape index (κ1) is 24.2. The van der Waals surface area contributed by atoms with Gasteiger partial charge in [0.05, 0.1) is 18.7 Å². The number of nitrogens with zero attached hydrogens (tertiary/aromatic N) is 5. The number of aliphatic hydroxyl groups excluding tert-OH is 1. The normalized spacial score (nSPS) is 16.5. The number of aromatic nitrogens is 5. The molecule has 1 amide bonds. The second-order valence-corrected chi connectivity index (χ2v) is 9.54. The van der Waals surface area contributed by atoms with Gasteiger partial charge < -0.3 is 9.84 Å². The Morgan fingerprint density at radius 1 is 1.03 bits per heavy atom. The van der Waals surface area contributed by atoms with Gasteiger partial charge in [-0.1, -0.05) is 36.4 Å². The van der Waals surface area contributed by atoms with E-state index in [0.717, 1.165) is 10.6 Å². The number of Topliss-reactive ketones (excluding diaryl/α,β-unsaturated/α-hetero) is 1. The molecule has 0 spiro atoms. The predicted octanol–water partition coefficient (Wildman–Crippen LogP) is 4.63. The number of amides is 1. The molecule has 1 fully saturated rings. The molecule has 0 radical (unpaired) electrons. The Morgan fingerprint density at radius 2 is 1.82 bits per heavy atom. The van der Waals surface area contributed by atoms with E-state index >= 15 is 0 Å². The van der Waals surface area contributed by atoms with Gasteiger partial charge in [0.2, 0.25) is 5.82 Å². The number of ether oxygens (including phenoxy) is 1. The van der Waals surface area contributed by atoms with Gasteiger partial charge in [0.25, 0.3) is 11.7 Å². The lowest BCUT2D eigenvalue weighted by atomic mass is 9.94. The van der Waals surface area contributed by atoms with E-state index < -0.39 is 17.7 Å². The number of hydrogen-bond acceptors (Lipinski definition) is 9. The highest BCUT2D eigenvalue weighted by atomic mass is 32.1. The molecule has 3 heterocycles. The molecule has 2 aromatic heterocycles. The van der Waals surface area contributed by atoms with Crippen molar-refractivity contribution in [3.05, 3.63) is 101 Å². The maximum atomic E-state index is 13.5. The van der Waals surface area contributed by atoms with E-state index in [9.17, 15) is 14.7 Å². The summed E-state index contributed by atoms with van der Waals surface area (Å²) in [4.78, 5) is 32.8. The standard InChI is InChI=1S/C28H20N6O4S/c1-38-21-11-9-17(10-12-21)24(35)22-23(16-5-7-18(8-6-16)27-29-13-14-39-27)34(28(37)25(22)36)20-4-2-3-19(15-20)26-30-32-33-31-26/h2-15,23,35H,1H3,(H,30,31,32,33). The molecule has 1 unspecified atom stereocenters. The monoisotopic (exact) mass is 536 g/mol. The summed E-state index contributed by atoms with van der Waals surface area (Å²) in [5, 5.41) is 28.2. The van der Waals surface area contributed by atoms with E-state index in [4.69, 9.17) is 4.74 Å². The van der Waals surface area contributed by atoms with Gasteiger partial charge in [-0.15, -0.1) is 21.5 Å². The maximum Gasteiger partial charge on any atom is 0.300 e. The second-order valence-electron chi connectivity index (χ2n) is 8.64. The summed E-state index contributed by atoms with van der Waals surface area (Å²) in [5.41, 5.74) is 2.98. The fourth-order valence-electron chi connectivity index (χ4n) is 4.57. The zero-order chi connectivity index (χ0) is 26.9. The van der Waals surface area contributed by atoms with E-state index in [1.54, 1.807) is 61.8 Å². The van der Waals surface area contributed by atoms with Crippen LogP contribution in [0.15, 0.2) is 89.9 Å². The number of aromatic amines is 1. The van der Waals surface area contributed by atoms with Crippen molar-refractivity contribution in [1.29, 1.82) is 0 Å². The SMILES string of the molecule is COc1ccc(C(O)=C2C(=O)C(=O)N(c3cccc(-c4nn[nH]n4)c3)C2c2ccc(-c3nccs3)cc2)cc1. The van der Waals surface area contributed by atoms with Crippen LogP contribution in [0.4, 0.5) is 5.69 Å². The average Bonchev–Trinajstić information content (AvgIpc) is 3.76. The van der Waals surface area contributed by atoms with E-state index in [-0.39, 0.29) is 11.3 Å². The van der Waals surface area contributed by atoms with Gasteiger partial charge in [-0.2, -0.15) is 5.21 Å². The predicted molar refractivity (Wildman–Crippen MR) is 145 cm³/mol. The van der Waals surface area contributed by atoms with E-state index in [0.29, 0.717) is 34.0 Å². The van der Waals surface area contributed by atoms with E-state index in [2.05, 4.69) is 25.6 Å². The van der Waals surface area contributed by atoms with Crippen LogP contribution in [-0.2, 0) is 9.59 Å². The average molecular weight is 537 g/mol. The number of nitrogens with one attached hydrogen (secondary N) is 1. The molecule has 39 heavy (non-hydrogen) atoms. The summed E-state index contributed by atoms with van der Waals surface area (Å²) in [6.45, 7) is 0. The highest BCUT2D eigenvalue weighted by Gasteiger charge is 2.47. The summed E-state index contributed by atoms with van der Waals surface area (Å²) in [5.74, 6) is -0.885. The minimum atomic E-state index is -0.891. The van der Waals surface area contributed by atoms with Gasteiger partial charge in [-0.05, 0) is 47.2 Å². The number of ketones is 1. The van der Waals surface area contributed by atoms with Crippen molar-refractivity contribution >= 4 is 34.5 Å². The van der Waals surface area contributed by atoms with Gasteiger partial charge in [-0.25, -0.2) is 4.98 Å². The van der Waals surface area contributed by atoms with Crippen molar-refractivity contribution < 1.29 is 19.4 Å². The molecule has 10 nitrogen and oxygen atoms in total. The number of carbonyl (C=O) groups excluding carboxylic acids is 2. The first-order chi connectivity index (χ1) is 19.0. The zero-order valence-corrected chi connectivity index (χ0v) is 21.3. The molecule has 192 valence electrons. The molecule has 0 bridgehead atoms. The third kappa shape index (κ3) is 4.34. The minimum absolute atomic E-state index is 0.0165. The Bertz CT molecular complexity index is 1680. The van der Waals surface area contributed by atoms with Crippen molar-refractivity contribution in [2.24, 2.45) is 0 Å². The lowest BCUT2D eigenvalue weighted by molar-refractivity contribution is -0.132. The zero-order valence-electron chi connectivity index (χ0n) is 20.5. The number of thiazole rings is 1. The summed E-state index contributed by atoms with van der Waals surface area (Å²) in [7, 11) is 1.54. The first-order valence-electron chi connectivity index (χ1n) is 11.8. The molecule has 11 heteroatoms. The van der Waals surface area contributed by atoms with Gasteiger partial charge in [0, 0.05) is 34.0 Å². The number of rotatable bonds is 6. The van der Waals surface area contributed by atoms with Crippen LogP contribution in [0.25, 0.3) is 27.7 Å². The molecular weight excluding hydrogens is 516 g/mol. The van der Waals surface area contributed by atoms with Gasteiger partial charge in [-0.3, -0.25) is 14.5 Å². The van der Waals surface area contributed by atoms with E-state index in [1.807, 2.05) is 29.6 Å². The Labute approximate surface area is 226 Å². The number of tetrazole rings is 1. The van der Waals surface area contributed by atoms with Crippen molar-refractivity contribution in [1.82, 2.24) is 25.6 Å². The molecule has 1 aliphatic heterocycles. The third-order valence-corrected chi connectivity index (χ3v) is 7.26. The van der Waals surface area contributed by atoms with Crippen LogP contribution in [-0.4, -0.2) is 49.5 Å². The molecule has 1 saturated heterocycles. The second kappa shape index (κ2) is 9.95.